The van der Waals surface area contributed by atoms with Gasteiger partial charge in [0.1, 0.15) is 10.5 Å². The lowest BCUT2D eigenvalue weighted by atomic mass is 10.2. The quantitative estimate of drug-likeness (QED) is 0.303. The molecular formula is C17H9N3O5S. The molecule has 128 valence electrons. The largest absolute Gasteiger partial charge is 0.422 e. The van der Waals surface area contributed by atoms with Crippen molar-refractivity contribution in [3.8, 4) is 11.5 Å². The zero-order valence-corrected chi connectivity index (χ0v) is 13.8. The van der Waals surface area contributed by atoms with Gasteiger partial charge in [-0.25, -0.2) is 4.79 Å². The van der Waals surface area contributed by atoms with Crippen molar-refractivity contribution < 1.29 is 13.8 Å². The van der Waals surface area contributed by atoms with Crippen LogP contribution in [0, 0.1) is 10.1 Å². The molecular weight excluding hydrogens is 358 g/mol. The van der Waals surface area contributed by atoms with E-state index in [-0.39, 0.29) is 16.8 Å². The summed E-state index contributed by atoms with van der Waals surface area (Å²) >= 11 is 0.975. The van der Waals surface area contributed by atoms with Crippen molar-refractivity contribution >= 4 is 28.4 Å². The molecule has 2 aromatic heterocycles. The van der Waals surface area contributed by atoms with E-state index in [0.717, 1.165) is 17.1 Å². The fourth-order valence-corrected chi connectivity index (χ4v) is 3.03. The number of aromatic nitrogens is 2. The van der Waals surface area contributed by atoms with Gasteiger partial charge in [-0.3, -0.25) is 10.1 Å². The summed E-state index contributed by atoms with van der Waals surface area (Å²) in [5.41, 5.74) is 0.322. The molecule has 0 aliphatic rings. The lowest BCUT2D eigenvalue weighted by molar-refractivity contribution is -0.384. The maximum atomic E-state index is 12.1. The van der Waals surface area contributed by atoms with Gasteiger partial charge in [0.15, 0.2) is 0 Å². The van der Waals surface area contributed by atoms with Crippen molar-refractivity contribution in [2.45, 2.75) is 10.1 Å². The normalized spacial score (nSPS) is 10.9. The van der Waals surface area contributed by atoms with Crippen LogP contribution in [-0.4, -0.2) is 15.1 Å². The van der Waals surface area contributed by atoms with E-state index in [9.17, 15) is 14.9 Å². The highest BCUT2D eigenvalue weighted by atomic mass is 32.2. The summed E-state index contributed by atoms with van der Waals surface area (Å²) in [7, 11) is 0. The summed E-state index contributed by atoms with van der Waals surface area (Å²) < 4.78 is 10.8. The molecule has 0 saturated carbocycles. The van der Waals surface area contributed by atoms with Crippen LogP contribution in [-0.2, 0) is 0 Å². The third kappa shape index (κ3) is 3.07. The van der Waals surface area contributed by atoms with Crippen molar-refractivity contribution in [2.24, 2.45) is 0 Å². The molecule has 0 saturated heterocycles. The molecule has 0 bridgehead atoms. The highest BCUT2D eigenvalue weighted by Crippen LogP contribution is 2.30. The van der Waals surface area contributed by atoms with E-state index in [1.54, 1.807) is 24.3 Å². The molecule has 0 amide bonds. The Morgan fingerprint density at radius 2 is 1.85 bits per heavy atom. The van der Waals surface area contributed by atoms with Gasteiger partial charge in [0.2, 0.25) is 5.89 Å². The first-order chi connectivity index (χ1) is 12.6. The number of rotatable bonds is 4. The van der Waals surface area contributed by atoms with Gasteiger partial charge in [-0.2, -0.15) is 0 Å². The van der Waals surface area contributed by atoms with Crippen LogP contribution in [0.4, 0.5) is 5.69 Å². The number of hydrogen-bond acceptors (Lipinski definition) is 8. The monoisotopic (exact) mass is 367 g/mol. The van der Waals surface area contributed by atoms with Crippen molar-refractivity contribution in [2.75, 3.05) is 0 Å². The molecule has 0 unspecified atom stereocenters. The van der Waals surface area contributed by atoms with Gasteiger partial charge in [0, 0.05) is 23.1 Å². The highest BCUT2D eigenvalue weighted by molar-refractivity contribution is 7.99. The zero-order chi connectivity index (χ0) is 18.1. The van der Waals surface area contributed by atoms with Crippen molar-refractivity contribution in [3.05, 3.63) is 75.1 Å². The second-order valence-corrected chi connectivity index (χ2v) is 6.21. The molecule has 2 heterocycles. The average Bonchev–Trinajstić information content (AvgIpc) is 3.11. The molecule has 0 atom stereocenters. The van der Waals surface area contributed by atoms with Crippen LogP contribution < -0.4 is 5.63 Å². The van der Waals surface area contributed by atoms with E-state index < -0.39 is 10.5 Å². The third-order valence-corrected chi connectivity index (χ3v) is 4.36. The number of nitro groups is 1. The minimum absolute atomic E-state index is 0.0786. The fourth-order valence-electron chi connectivity index (χ4n) is 2.33. The molecule has 0 fully saturated rings. The summed E-state index contributed by atoms with van der Waals surface area (Å²) in [5, 5.41) is 19.5. The molecule has 0 radical (unpaired) electrons. The molecule has 0 N–H and O–H groups in total. The van der Waals surface area contributed by atoms with Crippen LogP contribution in [0.1, 0.15) is 0 Å². The first-order valence-electron chi connectivity index (χ1n) is 7.39. The molecule has 0 aliphatic heterocycles. The number of para-hydroxylation sites is 1. The van der Waals surface area contributed by atoms with Gasteiger partial charge in [0.05, 0.1) is 4.92 Å². The van der Waals surface area contributed by atoms with Crippen LogP contribution in [0.2, 0.25) is 0 Å². The Kier molecular flexibility index (Phi) is 3.98. The lowest BCUT2D eigenvalue weighted by Crippen LogP contribution is -2.01. The molecule has 0 aliphatic carbocycles. The second-order valence-electron chi connectivity index (χ2n) is 5.22. The molecule has 4 aromatic rings. The van der Waals surface area contributed by atoms with Crippen molar-refractivity contribution in [1.29, 1.82) is 0 Å². The van der Waals surface area contributed by atoms with E-state index in [2.05, 4.69) is 10.2 Å². The van der Waals surface area contributed by atoms with E-state index in [0.29, 0.717) is 16.0 Å². The van der Waals surface area contributed by atoms with Gasteiger partial charge < -0.3 is 8.83 Å². The molecule has 8 nitrogen and oxygen atoms in total. The van der Waals surface area contributed by atoms with Crippen LogP contribution in [0.5, 0.6) is 0 Å². The molecule has 9 heteroatoms. The first kappa shape index (κ1) is 16.0. The number of hydrogen-bond donors (Lipinski definition) is 0. The van der Waals surface area contributed by atoms with Crippen LogP contribution in [0.25, 0.3) is 22.4 Å². The third-order valence-electron chi connectivity index (χ3n) is 3.52. The smallest absolute Gasteiger partial charge is 0.350 e. The van der Waals surface area contributed by atoms with Crippen molar-refractivity contribution in [3.63, 3.8) is 0 Å². The molecule has 0 spiro atoms. The summed E-state index contributed by atoms with van der Waals surface area (Å²) in [6, 6.07) is 14.7. The van der Waals surface area contributed by atoms with E-state index in [1.807, 2.05) is 12.1 Å². The Bertz CT molecular complexity index is 1180. The Hall–Kier alpha value is -3.46. The molecule has 26 heavy (non-hydrogen) atoms. The standard InChI is InChI=1S/C17H9N3O5S/c21-16-14(9-10-4-1-2-7-13(10)24-16)26-17-19-18-15(25-17)11-5-3-6-12(8-11)20(22)23/h1-9H. The number of nitro benzene ring substituents is 1. The SMILES string of the molecule is O=c1oc2ccccc2cc1Sc1nnc(-c2cccc([N+](=O)[O-])c2)o1. The maximum Gasteiger partial charge on any atom is 0.350 e. The number of fused-ring (bicyclic) bond motifs is 1. The van der Waals surface area contributed by atoms with Crippen LogP contribution >= 0.6 is 11.8 Å². The summed E-state index contributed by atoms with van der Waals surface area (Å²) in [5.74, 6) is 0.126. The predicted octanol–water partition coefficient (Wildman–Crippen LogP) is 3.90. The Labute approximate surface area is 149 Å². The Balaban J connectivity index is 1.65. The van der Waals surface area contributed by atoms with Gasteiger partial charge in [-0.1, -0.05) is 24.3 Å². The summed E-state index contributed by atoms with van der Waals surface area (Å²) in [4.78, 5) is 22.7. The van der Waals surface area contributed by atoms with E-state index in [4.69, 9.17) is 8.83 Å². The van der Waals surface area contributed by atoms with Gasteiger partial charge in [-0.05, 0) is 30.0 Å². The van der Waals surface area contributed by atoms with Gasteiger partial charge >= 0.3 is 5.63 Å². The molecule has 4 rings (SSSR count). The van der Waals surface area contributed by atoms with Crippen molar-refractivity contribution in [1.82, 2.24) is 10.2 Å². The van der Waals surface area contributed by atoms with Gasteiger partial charge in [0.25, 0.3) is 10.9 Å². The minimum Gasteiger partial charge on any atom is -0.422 e. The fraction of sp³-hybridized carbons (Fsp3) is 0. The molecule has 2 aromatic carbocycles. The number of nitrogens with zero attached hydrogens (tertiary/aromatic N) is 3. The summed E-state index contributed by atoms with van der Waals surface area (Å²) in [6.07, 6.45) is 0. The van der Waals surface area contributed by atoms with Crippen LogP contribution in [0.15, 0.2) is 78.3 Å². The van der Waals surface area contributed by atoms with E-state index in [1.165, 1.54) is 18.2 Å². The number of benzene rings is 2. The number of non-ortho nitro benzene ring substituents is 1. The topological polar surface area (TPSA) is 112 Å². The van der Waals surface area contributed by atoms with Gasteiger partial charge in [-0.15, -0.1) is 10.2 Å². The minimum atomic E-state index is -0.510. The average molecular weight is 367 g/mol. The second kappa shape index (κ2) is 6.45. The predicted molar refractivity (Wildman–Crippen MR) is 93.0 cm³/mol. The first-order valence-corrected chi connectivity index (χ1v) is 8.21. The summed E-state index contributed by atoms with van der Waals surface area (Å²) in [6.45, 7) is 0. The Morgan fingerprint density at radius 1 is 1.00 bits per heavy atom. The maximum absolute atomic E-state index is 12.1. The highest BCUT2D eigenvalue weighted by Gasteiger charge is 2.15. The zero-order valence-electron chi connectivity index (χ0n) is 13.0. The Morgan fingerprint density at radius 3 is 2.69 bits per heavy atom. The lowest BCUT2D eigenvalue weighted by Gasteiger charge is -1.99. The van der Waals surface area contributed by atoms with Crippen LogP contribution in [0.3, 0.4) is 0 Å². The van der Waals surface area contributed by atoms with E-state index >= 15 is 0 Å².